The summed E-state index contributed by atoms with van der Waals surface area (Å²) in [6.45, 7) is 2.68. The van der Waals surface area contributed by atoms with Crippen molar-refractivity contribution in [3.05, 3.63) is 34.9 Å². The Bertz CT molecular complexity index is 710. The van der Waals surface area contributed by atoms with Crippen molar-refractivity contribution in [3.63, 3.8) is 0 Å². The maximum absolute atomic E-state index is 12.8. The molecule has 2 aliphatic rings. The lowest BCUT2D eigenvalue weighted by Crippen LogP contribution is -2.54. The topological polar surface area (TPSA) is 60.9 Å². The molecule has 2 aliphatic heterocycles. The van der Waals surface area contributed by atoms with Gasteiger partial charge in [0.25, 0.3) is 16.1 Å². The van der Waals surface area contributed by atoms with Gasteiger partial charge in [-0.2, -0.15) is 17.0 Å². The molecule has 1 amide bonds. The average Bonchev–Trinajstić information content (AvgIpc) is 2.91. The summed E-state index contributed by atoms with van der Waals surface area (Å²) in [6.07, 6.45) is 4.03. The van der Waals surface area contributed by atoms with Crippen LogP contribution in [0.15, 0.2) is 24.3 Å². The molecule has 1 aromatic rings. The lowest BCUT2D eigenvalue weighted by molar-refractivity contribution is 0.0694. The molecule has 0 unspecified atom stereocenters. The highest BCUT2D eigenvalue weighted by atomic mass is 35.5. The van der Waals surface area contributed by atoms with Crippen molar-refractivity contribution >= 4 is 27.7 Å². The summed E-state index contributed by atoms with van der Waals surface area (Å²) >= 11 is 5.95. The van der Waals surface area contributed by atoms with E-state index >= 15 is 0 Å². The fourth-order valence-electron chi connectivity index (χ4n) is 3.36. The number of halogens is 1. The van der Waals surface area contributed by atoms with Crippen LogP contribution in [-0.4, -0.2) is 67.1 Å². The van der Waals surface area contributed by atoms with Gasteiger partial charge in [-0.25, -0.2) is 0 Å². The second-order valence-corrected chi connectivity index (χ2v) is 8.89. The molecule has 2 fully saturated rings. The van der Waals surface area contributed by atoms with Crippen molar-refractivity contribution in [2.75, 3.05) is 39.3 Å². The Balaban J connectivity index is 1.62. The first-order valence-corrected chi connectivity index (χ1v) is 10.6. The molecule has 25 heavy (non-hydrogen) atoms. The van der Waals surface area contributed by atoms with Gasteiger partial charge in [0.2, 0.25) is 0 Å². The van der Waals surface area contributed by atoms with Crippen molar-refractivity contribution in [1.29, 1.82) is 0 Å². The maximum Gasteiger partial charge on any atom is 0.282 e. The molecule has 0 spiro atoms. The van der Waals surface area contributed by atoms with Crippen molar-refractivity contribution in [1.82, 2.24) is 13.5 Å². The minimum atomic E-state index is -3.42. The number of amides is 1. The van der Waals surface area contributed by atoms with Gasteiger partial charge >= 0.3 is 0 Å². The quantitative estimate of drug-likeness (QED) is 0.801. The fraction of sp³-hybridized carbons (Fsp3) is 0.588. The van der Waals surface area contributed by atoms with Gasteiger partial charge in [-0.15, -0.1) is 0 Å². The maximum atomic E-state index is 12.8. The number of rotatable bonds is 3. The highest BCUT2D eigenvalue weighted by molar-refractivity contribution is 7.86. The Morgan fingerprint density at radius 1 is 0.880 bits per heavy atom. The van der Waals surface area contributed by atoms with E-state index in [0.29, 0.717) is 49.9 Å². The van der Waals surface area contributed by atoms with Gasteiger partial charge in [0.1, 0.15) is 0 Å². The Kier molecular flexibility index (Phi) is 5.99. The van der Waals surface area contributed by atoms with Gasteiger partial charge < -0.3 is 4.90 Å². The number of hydrogen-bond acceptors (Lipinski definition) is 3. The van der Waals surface area contributed by atoms with Crippen LogP contribution in [0.3, 0.4) is 0 Å². The third-order valence-electron chi connectivity index (χ3n) is 4.82. The summed E-state index contributed by atoms with van der Waals surface area (Å²) < 4.78 is 28.8. The molecule has 1 aromatic carbocycles. The van der Waals surface area contributed by atoms with Gasteiger partial charge in [0.15, 0.2) is 0 Å². The van der Waals surface area contributed by atoms with Gasteiger partial charge in [-0.1, -0.05) is 30.5 Å². The lowest BCUT2D eigenvalue weighted by Gasteiger charge is -2.36. The molecular weight excluding hydrogens is 362 g/mol. The summed E-state index contributed by atoms with van der Waals surface area (Å²) in [6, 6.07) is 6.85. The molecule has 0 radical (unpaired) electrons. The zero-order chi connectivity index (χ0) is 17.9. The van der Waals surface area contributed by atoms with Gasteiger partial charge in [-0.05, 0) is 31.0 Å². The predicted molar refractivity (Wildman–Crippen MR) is 97.9 cm³/mol. The second kappa shape index (κ2) is 8.03. The van der Waals surface area contributed by atoms with Crippen LogP contribution in [0.4, 0.5) is 0 Å². The van der Waals surface area contributed by atoms with E-state index in [1.165, 1.54) is 4.31 Å². The molecule has 0 saturated carbocycles. The van der Waals surface area contributed by atoms with Crippen molar-refractivity contribution in [2.24, 2.45) is 0 Å². The number of piperazine rings is 1. The molecule has 2 heterocycles. The number of benzene rings is 1. The smallest absolute Gasteiger partial charge is 0.282 e. The third kappa shape index (κ3) is 4.34. The Hall–Kier alpha value is -1.15. The minimum Gasteiger partial charge on any atom is -0.336 e. The van der Waals surface area contributed by atoms with Gasteiger partial charge in [-0.3, -0.25) is 4.79 Å². The van der Waals surface area contributed by atoms with Crippen LogP contribution in [-0.2, 0) is 10.2 Å². The van der Waals surface area contributed by atoms with Crippen LogP contribution in [0.1, 0.15) is 36.0 Å². The monoisotopic (exact) mass is 385 g/mol. The first kappa shape index (κ1) is 18.6. The number of nitrogens with zero attached hydrogens (tertiary/aromatic N) is 3. The van der Waals surface area contributed by atoms with E-state index in [2.05, 4.69) is 0 Å². The van der Waals surface area contributed by atoms with Crippen LogP contribution >= 0.6 is 11.6 Å². The van der Waals surface area contributed by atoms with E-state index in [1.807, 2.05) is 0 Å². The standard InChI is InChI=1S/C17H24ClN3O3S/c18-16-7-5-6-15(14-16)17(22)19-10-12-21(13-11-19)25(23,24)20-8-3-1-2-4-9-20/h5-7,14H,1-4,8-13H2. The molecule has 6 nitrogen and oxygen atoms in total. The van der Waals surface area contributed by atoms with Crippen LogP contribution in [0.2, 0.25) is 5.02 Å². The number of carbonyl (C=O) groups is 1. The van der Waals surface area contributed by atoms with Crippen molar-refractivity contribution in [2.45, 2.75) is 25.7 Å². The molecule has 0 N–H and O–H groups in total. The lowest BCUT2D eigenvalue weighted by atomic mass is 10.2. The van der Waals surface area contributed by atoms with Crippen LogP contribution in [0, 0.1) is 0 Å². The molecule has 0 bridgehead atoms. The van der Waals surface area contributed by atoms with Crippen molar-refractivity contribution < 1.29 is 13.2 Å². The first-order valence-electron chi connectivity index (χ1n) is 8.78. The Morgan fingerprint density at radius 2 is 1.48 bits per heavy atom. The molecule has 0 aromatic heterocycles. The molecule has 138 valence electrons. The Morgan fingerprint density at radius 3 is 2.08 bits per heavy atom. The summed E-state index contributed by atoms with van der Waals surface area (Å²) in [5, 5.41) is 0.522. The van der Waals surface area contributed by atoms with Crippen LogP contribution < -0.4 is 0 Å². The molecule has 0 aliphatic carbocycles. The van der Waals surface area contributed by atoms with E-state index in [0.717, 1.165) is 25.7 Å². The molecule has 3 rings (SSSR count). The van der Waals surface area contributed by atoms with Crippen LogP contribution in [0.5, 0.6) is 0 Å². The number of hydrogen-bond donors (Lipinski definition) is 0. The fourth-order valence-corrected chi connectivity index (χ4v) is 5.22. The van der Waals surface area contributed by atoms with Gasteiger partial charge in [0.05, 0.1) is 0 Å². The summed E-state index contributed by atoms with van der Waals surface area (Å²) in [7, 11) is -3.42. The van der Waals surface area contributed by atoms with E-state index in [9.17, 15) is 13.2 Å². The summed E-state index contributed by atoms with van der Waals surface area (Å²) in [5.74, 6) is -0.102. The zero-order valence-corrected chi connectivity index (χ0v) is 15.8. The Labute approximate surface area is 154 Å². The summed E-state index contributed by atoms with van der Waals surface area (Å²) in [4.78, 5) is 14.2. The number of carbonyl (C=O) groups excluding carboxylic acids is 1. The normalized spacial score (nSPS) is 21.1. The largest absolute Gasteiger partial charge is 0.336 e. The van der Waals surface area contributed by atoms with Gasteiger partial charge in [0, 0.05) is 49.9 Å². The molecule has 0 atom stereocenters. The predicted octanol–water partition coefficient (Wildman–Crippen LogP) is 2.22. The van der Waals surface area contributed by atoms with E-state index in [4.69, 9.17) is 11.6 Å². The van der Waals surface area contributed by atoms with Crippen molar-refractivity contribution in [3.8, 4) is 0 Å². The SMILES string of the molecule is O=C(c1cccc(Cl)c1)N1CCN(S(=O)(=O)N2CCCCCC2)CC1. The zero-order valence-electron chi connectivity index (χ0n) is 14.2. The summed E-state index contributed by atoms with van der Waals surface area (Å²) in [5.41, 5.74) is 0.538. The van der Waals surface area contributed by atoms with Crippen LogP contribution in [0.25, 0.3) is 0 Å². The van der Waals surface area contributed by atoms with E-state index in [1.54, 1.807) is 33.5 Å². The highest BCUT2D eigenvalue weighted by Gasteiger charge is 2.33. The highest BCUT2D eigenvalue weighted by Crippen LogP contribution is 2.19. The van der Waals surface area contributed by atoms with E-state index < -0.39 is 10.2 Å². The molecule has 2 saturated heterocycles. The third-order valence-corrected chi connectivity index (χ3v) is 7.09. The van der Waals surface area contributed by atoms with E-state index in [-0.39, 0.29) is 5.91 Å². The average molecular weight is 386 g/mol. The minimum absolute atomic E-state index is 0.102. The first-order chi connectivity index (χ1) is 12.0. The molecular formula is C17H24ClN3O3S. The molecule has 8 heteroatoms. The second-order valence-electron chi connectivity index (χ2n) is 6.52.